The predicted molar refractivity (Wildman–Crippen MR) is 107 cm³/mol. The van der Waals surface area contributed by atoms with Crippen molar-refractivity contribution < 1.29 is 103 Å². The van der Waals surface area contributed by atoms with Crippen LogP contribution in [0.2, 0.25) is 0 Å². The number of phosphoric acid groups is 6. The van der Waals surface area contributed by atoms with Crippen molar-refractivity contribution in [3.8, 4) is 0 Å². The zero-order valence-corrected chi connectivity index (χ0v) is 26.8. The monoisotopic (exact) mass is 814 g/mol. The first-order chi connectivity index (χ1) is 12.7. The quantitative estimate of drug-likeness (QED) is 0.0809. The summed E-state index contributed by atoms with van der Waals surface area (Å²) in [6.45, 7) is 0. The minimum Gasteiger partial charge on any atom is -0.369 e. The molecule has 2 aliphatic heterocycles. The molecule has 2 saturated heterocycles. The van der Waals surface area contributed by atoms with Crippen molar-refractivity contribution in [2.75, 3.05) is 0 Å². The molecule has 240 valence electrons. The molecule has 0 radical (unpaired) electrons. The smallest absolute Gasteiger partial charge is 0.369 e. The van der Waals surface area contributed by atoms with Crippen LogP contribution < -0.4 is 66.3 Å². The van der Waals surface area contributed by atoms with E-state index in [4.69, 9.17) is 20.8 Å². The van der Waals surface area contributed by atoms with Gasteiger partial charge in [-0.1, -0.05) is 0 Å². The molecule has 0 spiro atoms. The zero-order valence-electron chi connectivity index (χ0n) is 19.1. The van der Waals surface area contributed by atoms with E-state index in [-0.39, 0.29) is 36.9 Å². The van der Waals surface area contributed by atoms with E-state index >= 15 is 0 Å². The maximum absolute atomic E-state index is 10.2. The third-order valence-electron chi connectivity index (χ3n) is 1.20. The molecule has 0 aromatic heterocycles. The molecule has 2 aliphatic rings. The van der Waals surface area contributed by atoms with E-state index in [1.54, 1.807) is 0 Å². The number of rotatable bonds is 0. The van der Waals surface area contributed by atoms with Gasteiger partial charge in [-0.05, 0) is 0 Å². The minimum atomic E-state index is -8.18. The van der Waals surface area contributed by atoms with Crippen molar-refractivity contribution in [1.29, 1.82) is 0 Å². The van der Waals surface area contributed by atoms with Gasteiger partial charge in [0.25, 0.3) is 46.9 Å². The Labute approximate surface area is 205 Å². The van der Waals surface area contributed by atoms with Gasteiger partial charge >= 0.3 is 38.7 Å². The summed E-state index contributed by atoms with van der Waals surface area (Å²) in [5, 5.41) is 0. The van der Waals surface area contributed by atoms with Gasteiger partial charge in [0.15, 0.2) is 0 Å². The third-order valence-corrected chi connectivity index (χ3v) is 10.8. The van der Waals surface area contributed by atoms with Crippen LogP contribution in [-0.2, 0) is 53.3 Å². The van der Waals surface area contributed by atoms with E-state index in [0.717, 1.165) is 0 Å². The minimum absolute atomic E-state index is 0. The van der Waals surface area contributed by atoms with Gasteiger partial charge in [0.2, 0.25) is 0 Å². The third kappa shape index (κ3) is 33.3. The van der Waals surface area contributed by atoms with E-state index in [9.17, 15) is 56.8 Å². The molecule has 0 aliphatic carbocycles. The molecule has 0 aromatic rings. The fraction of sp³-hybridized carbons (Fsp3) is 0. The molecule has 0 aromatic carbocycles. The predicted octanol–water partition coefficient (Wildman–Crippen LogP) is -4.56. The van der Waals surface area contributed by atoms with Crippen LogP contribution in [0.4, 0.5) is 0 Å². The Balaban J connectivity index is -0.0000000696. The van der Waals surface area contributed by atoms with Gasteiger partial charge in [-0.25, -0.2) is 25.9 Å². The summed E-state index contributed by atoms with van der Waals surface area (Å²) < 4.78 is 125. The van der Waals surface area contributed by atoms with Crippen LogP contribution in [0.3, 0.4) is 0 Å². The first-order valence-corrected chi connectivity index (χ1v) is 20.5. The fourth-order valence-electron chi connectivity index (χ4n) is 0.824. The molecule has 37 heteroatoms. The summed E-state index contributed by atoms with van der Waals surface area (Å²) in [6.07, 6.45) is 0. The summed E-state index contributed by atoms with van der Waals surface area (Å²) in [5.74, 6) is 0. The van der Waals surface area contributed by atoms with Crippen molar-refractivity contribution in [1.82, 2.24) is 36.9 Å². The standard InChI is InChI=1S/6H3N.2H3O9P3.H6O6Te/c;;;;;;2*1-10(2)7-11(3,4)9-12(5,6)8-10;1-7(2,3,4,5)6/h6*1H3;2*(H,1,2)(H,3,4)(H,5,6);1-6H. The van der Waals surface area contributed by atoms with Crippen molar-refractivity contribution >= 4 is 64.8 Å². The second-order valence-corrected chi connectivity index (χ2v) is 20.7. The van der Waals surface area contributed by atoms with Crippen LogP contribution in [0.15, 0.2) is 0 Å². The van der Waals surface area contributed by atoms with Crippen molar-refractivity contribution in [3.05, 3.63) is 0 Å². The average molecular weight is 812 g/mol. The molecular formula is H30N6O24P6Te. The first kappa shape index (κ1) is 54.3. The van der Waals surface area contributed by atoms with Crippen molar-refractivity contribution in [2.45, 2.75) is 0 Å². The topological polar surface area (TPSA) is 637 Å². The van der Waals surface area contributed by atoms with E-state index in [2.05, 4.69) is 25.9 Å². The maximum Gasteiger partial charge on any atom is -0.369 e. The van der Waals surface area contributed by atoms with E-state index < -0.39 is 64.8 Å². The second kappa shape index (κ2) is 14.4. The van der Waals surface area contributed by atoms with Gasteiger partial charge < -0.3 is 66.3 Å². The van der Waals surface area contributed by atoms with Crippen LogP contribution in [0.1, 0.15) is 0 Å². The van der Waals surface area contributed by atoms with Gasteiger partial charge in [0, 0.05) is 0 Å². The molecule has 0 saturated carbocycles. The number of quaternary nitrogens is 6. The van der Waals surface area contributed by atoms with Gasteiger partial charge in [0.05, 0.1) is 0 Å². The van der Waals surface area contributed by atoms with E-state index in [1.165, 1.54) is 0 Å². The Morgan fingerprint density at radius 3 is 0.459 bits per heavy atom. The fourth-order valence-corrected chi connectivity index (χ4v) is 9.03. The Bertz CT molecular complexity index is 778. The molecule has 0 amide bonds. The molecule has 2 fully saturated rings. The van der Waals surface area contributed by atoms with Crippen LogP contribution >= 0.6 is 46.9 Å². The molecule has 0 bridgehead atoms. The Kier molecular flexibility index (Phi) is 21.1. The summed E-state index contributed by atoms with van der Waals surface area (Å²) >= 11 is -8.18. The second-order valence-electron chi connectivity index (χ2n) is 4.40. The van der Waals surface area contributed by atoms with Gasteiger partial charge in [-0.15, -0.1) is 0 Å². The molecule has 30 nitrogen and oxygen atoms in total. The summed E-state index contributed by atoms with van der Waals surface area (Å²) in [7, 11) is -32.1. The van der Waals surface area contributed by atoms with Crippen molar-refractivity contribution in [2.24, 2.45) is 0 Å². The summed E-state index contributed by atoms with van der Waals surface area (Å²) in [4.78, 5) is 61.4. The van der Waals surface area contributed by atoms with Crippen LogP contribution in [0, 0.1) is 0 Å². The largest absolute Gasteiger partial charge is 0.369 e. The van der Waals surface area contributed by atoms with E-state index in [1.807, 2.05) is 0 Å². The first-order valence-electron chi connectivity index (χ1n) is 5.48. The Hall–Kier alpha value is 1.21. The molecule has 30 N–H and O–H groups in total. The van der Waals surface area contributed by atoms with Gasteiger partial charge in [-0.3, -0.25) is 27.4 Å². The normalized spacial score (nSPS) is 40.2. The Morgan fingerprint density at radius 1 is 0.351 bits per heavy atom. The SMILES string of the molecule is O=P1([O-])OP(=O)([O-])OP(=O)([O-])O1.O=P1([O-])OP(=O)([O-])OP(=O)([O-])O1.O[Te](O)(O)(O)(O)O.[NH4+].[NH4+].[NH4+].[NH4+].[NH4+].[NH4+]. The zero-order chi connectivity index (χ0) is 25.7. The van der Waals surface area contributed by atoms with Crippen LogP contribution in [0.25, 0.3) is 0 Å². The maximum atomic E-state index is 10.2. The molecule has 2 heterocycles. The average Bonchev–Trinajstić information content (AvgIpc) is 2.06. The molecule has 37 heavy (non-hydrogen) atoms. The molecule has 0 unspecified atom stereocenters. The van der Waals surface area contributed by atoms with Crippen LogP contribution in [-0.4, -0.2) is 38.7 Å². The summed E-state index contributed by atoms with van der Waals surface area (Å²) in [6, 6.07) is 0. The molecular weight excluding hydrogens is 781 g/mol. The van der Waals surface area contributed by atoms with Crippen molar-refractivity contribution in [3.63, 3.8) is 0 Å². The number of hydrogen-bond acceptors (Lipinski definition) is 24. The molecule has 0 atom stereocenters. The molecule has 2 rings (SSSR count). The van der Waals surface area contributed by atoms with Gasteiger partial charge in [-0.2, -0.15) is 0 Å². The van der Waals surface area contributed by atoms with E-state index in [0.29, 0.717) is 0 Å². The van der Waals surface area contributed by atoms with Gasteiger partial charge in [0.1, 0.15) is 0 Å². The Morgan fingerprint density at radius 2 is 0.405 bits per heavy atom. The number of hydrogen-bond donors (Lipinski definition) is 12. The van der Waals surface area contributed by atoms with Crippen LogP contribution in [0.5, 0.6) is 0 Å². The summed E-state index contributed by atoms with van der Waals surface area (Å²) in [5.41, 5.74) is 0.